The van der Waals surface area contributed by atoms with Gasteiger partial charge in [0.25, 0.3) is 5.69 Å². The van der Waals surface area contributed by atoms with Crippen LogP contribution in [0.1, 0.15) is 21.5 Å². The maximum absolute atomic E-state index is 14.4. The van der Waals surface area contributed by atoms with Gasteiger partial charge in [-0.2, -0.15) is 0 Å². The Morgan fingerprint density at radius 3 is 1.96 bits per heavy atom. The van der Waals surface area contributed by atoms with Crippen LogP contribution in [-0.4, -0.2) is 16.9 Å². The molecule has 3 rings (SSSR count). The molecule has 5 nitrogen and oxygen atoms in total. The number of nitro benzene ring substituents is 1. The lowest BCUT2D eigenvalue weighted by molar-refractivity contribution is -0.385. The second kappa shape index (κ2) is 7.48. The average Bonchev–Trinajstić information content (AvgIpc) is 2.68. The quantitative estimate of drug-likeness (QED) is 0.290. The molecule has 0 radical (unpaired) electrons. The van der Waals surface area contributed by atoms with Crippen LogP contribution in [-0.2, 0) is 0 Å². The lowest BCUT2D eigenvalue weighted by Crippen LogP contribution is -2.03. The van der Waals surface area contributed by atoms with Crippen LogP contribution in [0.15, 0.2) is 77.8 Å². The first-order chi connectivity index (χ1) is 12.6. The number of nitrogens with zero attached hydrogens (tertiary/aromatic N) is 2. The number of carbonyl (C=O) groups is 1. The number of benzene rings is 3. The van der Waals surface area contributed by atoms with Crippen LogP contribution in [0.4, 0.5) is 15.8 Å². The van der Waals surface area contributed by atoms with Crippen molar-refractivity contribution in [2.24, 2.45) is 4.99 Å². The number of halogens is 1. The first-order valence-electron chi connectivity index (χ1n) is 7.73. The Morgan fingerprint density at radius 1 is 0.962 bits per heavy atom. The van der Waals surface area contributed by atoms with Crippen LogP contribution in [0.3, 0.4) is 0 Å². The van der Waals surface area contributed by atoms with Gasteiger partial charge in [-0.3, -0.25) is 14.9 Å². The summed E-state index contributed by atoms with van der Waals surface area (Å²) in [5, 5.41) is 11.0. The maximum atomic E-state index is 14.4. The largest absolute Gasteiger partial charge is 0.298 e. The number of hydrogen-bond donors (Lipinski definition) is 0. The molecule has 0 spiro atoms. The van der Waals surface area contributed by atoms with Crippen molar-refractivity contribution in [2.45, 2.75) is 0 Å². The second-order valence-corrected chi connectivity index (χ2v) is 5.43. The highest BCUT2D eigenvalue weighted by atomic mass is 19.1. The molecule has 128 valence electrons. The first kappa shape index (κ1) is 17.2. The van der Waals surface area contributed by atoms with Gasteiger partial charge in [-0.15, -0.1) is 0 Å². The van der Waals surface area contributed by atoms with Crippen LogP contribution >= 0.6 is 0 Å². The second-order valence-electron chi connectivity index (χ2n) is 5.43. The predicted octanol–water partition coefficient (Wildman–Crippen LogP) is 4.72. The molecule has 0 atom stereocenters. The molecule has 0 amide bonds. The normalized spacial score (nSPS) is 10.2. The van der Waals surface area contributed by atoms with Crippen LogP contribution in [0, 0.1) is 15.9 Å². The molecular weight excluding hydrogens is 335 g/mol. The van der Waals surface area contributed by atoms with Crippen molar-refractivity contribution in [3.05, 3.63) is 105 Å². The molecule has 0 saturated carbocycles. The number of aldehydes is 1. The number of nitro groups is 1. The van der Waals surface area contributed by atoms with Gasteiger partial charge in [0.15, 0.2) is 12.1 Å². The molecule has 0 aliphatic rings. The molecule has 0 saturated heterocycles. The van der Waals surface area contributed by atoms with Crippen molar-refractivity contribution in [2.75, 3.05) is 0 Å². The summed E-state index contributed by atoms with van der Waals surface area (Å²) < 4.78 is 14.4. The van der Waals surface area contributed by atoms with Crippen molar-refractivity contribution in [1.82, 2.24) is 0 Å². The molecule has 0 bridgehead atoms. The summed E-state index contributed by atoms with van der Waals surface area (Å²) >= 11 is 0. The van der Waals surface area contributed by atoms with E-state index in [-0.39, 0.29) is 11.3 Å². The highest BCUT2D eigenvalue weighted by molar-refractivity contribution is 6.14. The van der Waals surface area contributed by atoms with E-state index in [0.717, 1.165) is 23.3 Å². The monoisotopic (exact) mass is 348 g/mol. The maximum Gasteiger partial charge on any atom is 0.282 e. The molecule has 0 aliphatic heterocycles. The standard InChI is InChI=1S/C20H13FN2O3/c21-17-12-19(23(25)26)16(13-24)11-18(17)22-20(14-7-3-1-4-8-14)15-9-5-2-6-10-15/h1-13H. The third kappa shape index (κ3) is 3.54. The fraction of sp³-hybridized carbons (Fsp3) is 0. The van der Waals surface area contributed by atoms with Crippen molar-refractivity contribution in [3.63, 3.8) is 0 Å². The lowest BCUT2D eigenvalue weighted by atomic mass is 10.0. The Kier molecular flexibility index (Phi) is 4.94. The van der Waals surface area contributed by atoms with Gasteiger partial charge in [0.2, 0.25) is 0 Å². The smallest absolute Gasteiger partial charge is 0.282 e. The molecule has 0 aromatic heterocycles. The first-order valence-corrected chi connectivity index (χ1v) is 7.73. The summed E-state index contributed by atoms with van der Waals surface area (Å²) in [4.78, 5) is 25.7. The van der Waals surface area contributed by atoms with Crippen molar-refractivity contribution in [3.8, 4) is 0 Å². The van der Waals surface area contributed by atoms with Gasteiger partial charge < -0.3 is 0 Å². The molecule has 0 N–H and O–H groups in total. The Bertz CT molecular complexity index is 945. The molecule has 6 heteroatoms. The summed E-state index contributed by atoms with van der Waals surface area (Å²) in [6.07, 6.45) is 0.321. The van der Waals surface area contributed by atoms with Crippen molar-refractivity contribution in [1.29, 1.82) is 0 Å². The zero-order valence-corrected chi connectivity index (χ0v) is 13.5. The minimum absolute atomic E-state index is 0.139. The fourth-order valence-electron chi connectivity index (χ4n) is 2.51. The summed E-state index contributed by atoms with van der Waals surface area (Å²) in [6.45, 7) is 0. The van der Waals surface area contributed by atoms with Gasteiger partial charge in [-0.05, 0) is 6.07 Å². The van der Waals surface area contributed by atoms with Gasteiger partial charge in [0.1, 0.15) is 5.69 Å². The fourth-order valence-corrected chi connectivity index (χ4v) is 2.51. The highest BCUT2D eigenvalue weighted by Crippen LogP contribution is 2.28. The van der Waals surface area contributed by atoms with E-state index in [1.54, 1.807) is 0 Å². The summed E-state index contributed by atoms with van der Waals surface area (Å²) in [7, 11) is 0. The van der Waals surface area contributed by atoms with E-state index in [1.807, 2.05) is 60.7 Å². The Labute approximate surface area is 148 Å². The zero-order valence-electron chi connectivity index (χ0n) is 13.5. The van der Waals surface area contributed by atoms with Gasteiger partial charge >= 0.3 is 0 Å². The van der Waals surface area contributed by atoms with E-state index >= 15 is 0 Å². The highest BCUT2D eigenvalue weighted by Gasteiger charge is 2.18. The van der Waals surface area contributed by atoms with Gasteiger partial charge in [-0.25, -0.2) is 9.38 Å². The Hall–Kier alpha value is -3.67. The van der Waals surface area contributed by atoms with E-state index in [9.17, 15) is 19.3 Å². The SMILES string of the molecule is O=Cc1cc(N=C(c2ccccc2)c2ccccc2)c(F)cc1[N+](=O)[O-]. The van der Waals surface area contributed by atoms with E-state index in [1.165, 1.54) is 0 Å². The van der Waals surface area contributed by atoms with E-state index in [4.69, 9.17) is 0 Å². The topological polar surface area (TPSA) is 72.6 Å². The zero-order chi connectivity index (χ0) is 18.5. The number of carbonyl (C=O) groups excluding carboxylic acids is 1. The van der Waals surface area contributed by atoms with Crippen molar-refractivity contribution >= 4 is 23.4 Å². The Balaban J connectivity index is 2.21. The third-order valence-electron chi connectivity index (χ3n) is 3.75. The third-order valence-corrected chi connectivity index (χ3v) is 3.75. The van der Waals surface area contributed by atoms with E-state index in [0.29, 0.717) is 12.0 Å². The molecular formula is C20H13FN2O3. The average molecular weight is 348 g/mol. The number of aliphatic imine (C=N–C) groups is 1. The minimum atomic E-state index is -0.869. The Morgan fingerprint density at radius 2 is 1.50 bits per heavy atom. The lowest BCUT2D eigenvalue weighted by Gasteiger charge is -2.08. The predicted molar refractivity (Wildman–Crippen MR) is 96.6 cm³/mol. The van der Waals surface area contributed by atoms with Crippen LogP contribution in [0.2, 0.25) is 0 Å². The van der Waals surface area contributed by atoms with Crippen LogP contribution in [0.5, 0.6) is 0 Å². The molecule has 3 aromatic rings. The number of rotatable bonds is 5. The number of hydrogen-bond acceptors (Lipinski definition) is 4. The minimum Gasteiger partial charge on any atom is -0.298 e. The van der Waals surface area contributed by atoms with E-state index in [2.05, 4.69) is 4.99 Å². The van der Waals surface area contributed by atoms with Gasteiger partial charge in [0, 0.05) is 11.1 Å². The molecule has 26 heavy (non-hydrogen) atoms. The summed E-state index contributed by atoms with van der Waals surface area (Å²) in [5.74, 6) is -0.869. The molecule has 0 unspecified atom stereocenters. The molecule has 0 fully saturated rings. The summed E-state index contributed by atoms with van der Waals surface area (Å²) in [5.41, 5.74) is 1.05. The van der Waals surface area contributed by atoms with E-state index < -0.39 is 16.4 Å². The molecule has 0 heterocycles. The molecule has 3 aromatic carbocycles. The molecule has 0 aliphatic carbocycles. The van der Waals surface area contributed by atoms with Gasteiger partial charge in [0.05, 0.1) is 22.3 Å². The van der Waals surface area contributed by atoms with Crippen LogP contribution < -0.4 is 0 Å². The van der Waals surface area contributed by atoms with Crippen LogP contribution in [0.25, 0.3) is 0 Å². The van der Waals surface area contributed by atoms with Crippen molar-refractivity contribution < 1.29 is 14.1 Å². The van der Waals surface area contributed by atoms with Gasteiger partial charge in [-0.1, -0.05) is 60.7 Å². The summed E-state index contributed by atoms with van der Waals surface area (Å²) in [6, 6.07) is 20.1.